The second-order valence-corrected chi connectivity index (χ2v) is 9.20. The van der Waals surface area contributed by atoms with Crippen molar-refractivity contribution in [2.24, 2.45) is 5.10 Å². The Balaban J connectivity index is 1.76. The number of para-hydroxylation sites is 1. The molecule has 0 saturated heterocycles. The zero-order chi connectivity index (χ0) is 24.8. The molecular weight excluding hydrogens is 529 g/mol. The van der Waals surface area contributed by atoms with Crippen molar-refractivity contribution in [3.05, 3.63) is 87.9 Å². The molecule has 0 aliphatic heterocycles. The summed E-state index contributed by atoms with van der Waals surface area (Å²) in [6, 6.07) is 21.5. The summed E-state index contributed by atoms with van der Waals surface area (Å²) >= 11 is 19.5. The fourth-order valence-corrected chi connectivity index (χ4v) is 4.41. The van der Waals surface area contributed by atoms with Crippen LogP contribution in [0.5, 0.6) is 0 Å². The first-order valence-corrected chi connectivity index (χ1v) is 12.3. The smallest absolute Gasteiger partial charge is 0.365 e. The largest absolute Gasteiger partial charge is 0.461 e. The topological polar surface area (TPSA) is 81.4 Å². The Bertz CT molecular complexity index is 1360. The van der Waals surface area contributed by atoms with Crippen molar-refractivity contribution in [1.82, 2.24) is 14.8 Å². The van der Waals surface area contributed by atoms with Gasteiger partial charge in [-0.1, -0.05) is 53.0 Å². The number of carbonyl (C=O) groups is 1. The van der Waals surface area contributed by atoms with E-state index in [2.05, 4.69) is 20.7 Å². The molecule has 178 valence electrons. The van der Waals surface area contributed by atoms with Crippen LogP contribution in [0.15, 0.2) is 83.1 Å². The Kier molecular flexibility index (Phi) is 8.30. The van der Waals surface area contributed by atoms with Crippen LogP contribution >= 0.6 is 46.6 Å². The molecule has 4 aromatic rings. The summed E-state index contributed by atoms with van der Waals surface area (Å²) in [7, 11) is 0. The number of benzene rings is 3. The monoisotopic (exact) mass is 545 g/mol. The molecule has 11 heteroatoms. The minimum absolute atomic E-state index is 0.0418. The number of anilines is 1. The molecule has 0 saturated carbocycles. The van der Waals surface area contributed by atoms with E-state index in [9.17, 15) is 4.79 Å². The van der Waals surface area contributed by atoms with Crippen molar-refractivity contribution < 1.29 is 9.53 Å². The minimum Gasteiger partial charge on any atom is -0.461 e. The van der Waals surface area contributed by atoms with Gasteiger partial charge in [0.1, 0.15) is 0 Å². The molecule has 0 radical (unpaired) electrons. The lowest BCUT2D eigenvalue weighted by molar-refractivity contribution is -0.134. The maximum absolute atomic E-state index is 12.7. The number of aromatic nitrogens is 3. The quantitative estimate of drug-likeness (QED) is 0.0924. The van der Waals surface area contributed by atoms with Crippen LogP contribution < -0.4 is 5.43 Å². The van der Waals surface area contributed by atoms with Gasteiger partial charge in [0.25, 0.3) is 0 Å². The molecule has 0 aliphatic rings. The number of hydrogen-bond acceptors (Lipinski definition) is 7. The van der Waals surface area contributed by atoms with Crippen molar-refractivity contribution >= 4 is 63.3 Å². The van der Waals surface area contributed by atoms with E-state index in [4.69, 9.17) is 39.5 Å². The average molecular weight is 547 g/mol. The number of hydrogen-bond donors (Lipinski definition) is 1. The highest BCUT2D eigenvalue weighted by Gasteiger charge is 2.23. The number of nitrogens with one attached hydrogen (secondary N) is 1. The van der Waals surface area contributed by atoms with E-state index in [1.165, 1.54) is 0 Å². The summed E-state index contributed by atoms with van der Waals surface area (Å²) < 4.78 is 7.00. The van der Waals surface area contributed by atoms with E-state index < -0.39 is 5.97 Å². The van der Waals surface area contributed by atoms with Gasteiger partial charge in [0.05, 0.1) is 17.3 Å². The van der Waals surface area contributed by atoms with Crippen LogP contribution in [0.1, 0.15) is 6.92 Å². The van der Waals surface area contributed by atoms with Gasteiger partial charge in [-0.3, -0.25) is 9.99 Å². The Morgan fingerprint density at radius 3 is 2.40 bits per heavy atom. The number of nitrogens with zero attached hydrogens (tertiary/aromatic N) is 4. The molecule has 0 atom stereocenters. The molecule has 4 rings (SSSR count). The maximum Gasteiger partial charge on any atom is 0.365 e. The van der Waals surface area contributed by atoms with Gasteiger partial charge in [0, 0.05) is 21.3 Å². The number of halogens is 3. The summed E-state index contributed by atoms with van der Waals surface area (Å²) in [4.78, 5) is 12.7. The molecule has 0 spiro atoms. The number of ether oxygens (including phenoxy) is 1. The second kappa shape index (κ2) is 11.6. The third-order valence-electron chi connectivity index (χ3n) is 4.59. The zero-order valence-corrected chi connectivity index (χ0v) is 21.4. The fourth-order valence-electron chi connectivity index (χ4n) is 3.02. The van der Waals surface area contributed by atoms with E-state index >= 15 is 0 Å². The molecule has 3 aromatic carbocycles. The lowest BCUT2D eigenvalue weighted by Gasteiger charge is -2.12. The predicted molar refractivity (Wildman–Crippen MR) is 142 cm³/mol. The number of esters is 1. The van der Waals surface area contributed by atoms with Gasteiger partial charge in [-0.25, -0.2) is 4.79 Å². The Labute approximate surface area is 221 Å². The summed E-state index contributed by atoms with van der Waals surface area (Å²) in [5.41, 5.74) is 4.91. The first kappa shape index (κ1) is 25.1. The fraction of sp³-hybridized carbons (Fsp3) is 0.0833. The van der Waals surface area contributed by atoms with Gasteiger partial charge in [-0.05, 0) is 73.3 Å². The SMILES string of the molecule is CCOC(=O)/C(=N\Nc1ccc(Cl)cc1)Sc1nnc(-c2ccc(Cl)cc2Cl)n1-c1ccccc1. The second-order valence-electron chi connectivity index (χ2n) is 6.96. The highest BCUT2D eigenvalue weighted by molar-refractivity contribution is 8.15. The maximum atomic E-state index is 12.7. The number of carbonyl (C=O) groups excluding carboxylic acids is 1. The number of hydrazone groups is 1. The van der Waals surface area contributed by atoms with E-state index in [0.29, 0.717) is 37.3 Å². The molecule has 1 aromatic heterocycles. The van der Waals surface area contributed by atoms with Gasteiger partial charge in [0.15, 0.2) is 5.82 Å². The Morgan fingerprint density at radius 2 is 1.71 bits per heavy atom. The highest BCUT2D eigenvalue weighted by atomic mass is 35.5. The summed E-state index contributed by atoms with van der Waals surface area (Å²) in [6.45, 7) is 1.91. The first-order chi connectivity index (χ1) is 17.0. The van der Waals surface area contributed by atoms with E-state index in [1.54, 1.807) is 54.0 Å². The molecule has 0 bridgehead atoms. The van der Waals surface area contributed by atoms with E-state index in [-0.39, 0.29) is 11.7 Å². The van der Waals surface area contributed by atoms with Crippen LogP contribution in [-0.4, -0.2) is 32.4 Å². The number of thioether (sulfide) groups is 1. The number of rotatable bonds is 6. The van der Waals surface area contributed by atoms with Crippen LogP contribution in [0.3, 0.4) is 0 Å². The molecule has 0 amide bonds. The molecule has 0 unspecified atom stereocenters. The molecule has 0 fully saturated rings. The predicted octanol–water partition coefficient (Wildman–Crippen LogP) is 6.98. The van der Waals surface area contributed by atoms with Gasteiger partial charge in [-0.2, -0.15) is 5.10 Å². The summed E-state index contributed by atoms with van der Waals surface area (Å²) in [6.07, 6.45) is 0. The van der Waals surface area contributed by atoms with E-state index in [0.717, 1.165) is 17.4 Å². The lowest BCUT2D eigenvalue weighted by Crippen LogP contribution is -2.17. The van der Waals surface area contributed by atoms with Crippen molar-refractivity contribution in [1.29, 1.82) is 0 Å². The molecule has 35 heavy (non-hydrogen) atoms. The Morgan fingerprint density at radius 1 is 1.00 bits per heavy atom. The third-order valence-corrected chi connectivity index (χ3v) is 6.29. The zero-order valence-electron chi connectivity index (χ0n) is 18.3. The van der Waals surface area contributed by atoms with Crippen LogP contribution in [0, 0.1) is 0 Å². The normalized spacial score (nSPS) is 11.4. The van der Waals surface area contributed by atoms with Gasteiger partial charge < -0.3 is 4.74 Å². The highest BCUT2D eigenvalue weighted by Crippen LogP contribution is 2.34. The first-order valence-electron chi connectivity index (χ1n) is 10.4. The Hall–Kier alpha value is -3.04. The van der Waals surface area contributed by atoms with Crippen LogP contribution in [0.2, 0.25) is 15.1 Å². The molecule has 1 heterocycles. The van der Waals surface area contributed by atoms with Gasteiger partial charge in [0.2, 0.25) is 10.2 Å². The van der Waals surface area contributed by atoms with Crippen LogP contribution in [0.25, 0.3) is 17.1 Å². The standard InChI is InChI=1S/C24H18Cl3N5O2S/c1-2-34-23(33)22(30-28-17-11-8-15(25)9-12-17)35-24-31-29-21(19-13-10-16(26)14-20(19)27)32(24)18-6-4-3-5-7-18/h3-14,28H,2H2,1H3/b30-22+. The molecular formula is C24H18Cl3N5O2S. The summed E-state index contributed by atoms with van der Waals surface area (Å²) in [5.74, 6) is -0.123. The van der Waals surface area contributed by atoms with Crippen molar-refractivity contribution in [2.75, 3.05) is 12.0 Å². The average Bonchev–Trinajstić information content (AvgIpc) is 3.26. The summed E-state index contributed by atoms with van der Waals surface area (Å²) in [5, 5.41) is 14.9. The van der Waals surface area contributed by atoms with Crippen LogP contribution in [0.4, 0.5) is 5.69 Å². The van der Waals surface area contributed by atoms with Gasteiger partial charge >= 0.3 is 5.97 Å². The van der Waals surface area contributed by atoms with Gasteiger partial charge in [-0.15, -0.1) is 10.2 Å². The molecule has 7 nitrogen and oxygen atoms in total. The lowest BCUT2D eigenvalue weighted by atomic mass is 10.2. The molecule has 1 N–H and O–H groups in total. The van der Waals surface area contributed by atoms with Crippen LogP contribution in [-0.2, 0) is 9.53 Å². The molecule has 0 aliphatic carbocycles. The van der Waals surface area contributed by atoms with Crippen molar-refractivity contribution in [3.63, 3.8) is 0 Å². The van der Waals surface area contributed by atoms with Crippen molar-refractivity contribution in [3.8, 4) is 17.1 Å². The minimum atomic E-state index is -0.604. The van der Waals surface area contributed by atoms with Crippen molar-refractivity contribution in [2.45, 2.75) is 12.1 Å². The van der Waals surface area contributed by atoms with E-state index in [1.807, 2.05) is 30.3 Å². The third kappa shape index (κ3) is 6.15.